The predicted octanol–water partition coefficient (Wildman–Crippen LogP) is 3.04. The Morgan fingerprint density at radius 1 is 1.21 bits per heavy atom. The lowest BCUT2D eigenvalue weighted by Gasteiger charge is -2.33. The van der Waals surface area contributed by atoms with E-state index in [0.717, 1.165) is 12.1 Å². The molecule has 1 aromatic carbocycles. The highest BCUT2D eigenvalue weighted by atomic mass is 16.2. The summed E-state index contributed by atoms with van der Waals surface area (Å²) < 4.78 is 0. The molecule has 7 nitrogen and oxygen atoms in total. The van der Waals surface area contributed by atoms with E-state index in [9.17, 15) is 14.4 Å². The van der Waals surface area contributed by atoms with Crippen molar-refractivity contribution in [2.24, 2.45) is 11.8 Å². The number of nitrogens with zero attached hydrogens (tertiary/aromatic N) is 2. The van der Waals surface area contributed by atoms with Crippen LogP contribution in [0.4, 0.5) is 10.5 Å². The van der Waals surface area contributed by atoms with Crippen molar-refractivity contribution in [2.45, 2.75) is 52.0 Å². The van der Waals surface area contributed by atoms with Gasteiger partial charge >= 0.3 is 6.03 Å². The van der Waals surface area contributed by atoms with Gasteiger partial charge in [0.15, 0.2) is 0 Å². The number of para-hydroxylation sites is 1. The number of anilines is 1. The molecule has 0 saturated carbocycles. The SMILES string of the molecule is CC(C)CC[C@@]1(C)NC(=O)N(CN2CCC(C(=O)Nc3ccccc3)CC2)C1=O. The van der Waals surface area contributed by atoms with Crippen LogP contribution in [0.1, 0.15) is 46.5 Å². The minimum Gasteiger partial charge on any atom is -0.326 e. The summed E-state index contributed by atoms with van der Waals surface area (Å²) in [6.07, 6.45) is 2.96. The van der Waals surface area contributed by atoms with Gasteiger partial charge in [0.05, 0.1) is 6.67 Å². The second-order valence-electron chi connectivity index (χ2n) is 8.82. The monoisotopic (exact) mass is 400 g/mol. The first kappa shape index (κ1) is 21.3. The highest BCUT2D eigenvalue weighted by molar-refractivity contribution is 6.06. The Balaban J connectivity index is 1.49. The molecule has 4 amide bonds. The van der Waals surface area contributed by atoms with Gasteiger partial charge in [-0.05, 0) is 50.7 Å². The van der Waals surface area contributed by atoms with Gasteiger partial charge in [-0.2, -0.15) is 0 Å². The summed E-state index contributed by atoms with van der Waals surface area (Å²) in [7, 11) is 0. The Morgan fingerprint density at radius 3 is 2.48 bits per heavy atom. The average molecular weight is 401 g/mol. The van der Waals surface area contributed by atoms with Crippen molar-refractivity contribution < 1.29 is 14.4 Å². The minimum atomic E-state index is -0.810. The molecular formula is C22H32N4O3. The molecule has 158 valence electrons. The number of benzene rings is 1. The van der Waals surface area contributed by atoms with E-state index in [2.05, 4.69) is 29.4 Å². The molecule has 1 aromatic rings. The quantitative estimate of drug-likeness (QED) is 0.690. The summed E-state index contributed by atoms with van der Waals surface area (Å²) in [6.45, 7) is 7.70. The van der Waals surface area contributed by atoms with Gasteiger partial charge in [-0.15, -0.1) is 0 Å². The maximum absolute atomic E-state index is 12.9. The number of hydrogen-bond acceptors (Lipinski definition) is 4. The van der Waals surface area contributed by atoms with Crippen molar-refractivity contribution in [1.29, 1.82) is 0 Å². The smallest absolute Gasteiger partial charge is 0.326 e. The Hall–Kier alpha value is -2.41. The molecule has 1 atom stereocenters. The van der Waals surface area contributed by atoms with Crippen molar-refractivity contribution in [2.75, 3.05) is 25.1 Å². The zero-order valence-corrected chi connectivity index (χ0v) is 17.6. The molecule has 0 aliphatic carbocycles. The fraction of sp³-hybridized carbons (Fsp3) is 0.591. The summed E-state index contributed by atoms with van der Waals surface area (Å²) in [5.41, 5.74) is -0.00477. The van der Waals surface area contributed by atoms with E-state index in [1.165, 1.54) is 4.90 Å². The molecule has 0 spiro atoms. The first-order chi connectivity index (χ1) is 13.8. The van der Waals surface area contributed by atoms with Gasteiger partial charge in [-0.1, -0.05) is 32.0 Å². The number of amides is 4. The van der Waals surface area contributed by atoms with Crippen molar-refractivity contribution in [3.8, 4) is 0 Å². The maximum atomic E-state index is 12.9. The molecule has 0 bridgehead atoms. The summed E-state index contributed by atoms with van der Waals surface area (Å²) in [6, 6.07) is 9.14. The number of imide groups is 1. The number of hydrogen-bond donors (Lipinski definition) is 2. The van der Waals surface area contributed by atoms with Crippen LogP contribution in [0.5, 0.6) is 0 Å². The number of carbonyl (C=O) groups excluding carboxylic acids is 3. The van der Waals surface area contributed by atoms with Crippen molar-refractivity contribution >= 4 is 23.5 Å². The van der Waals surface area contributed by atoms with Crippen LogP contribution >= 0.6 is 0 Å². The van der Waals surface area contributed by atoms with Crippen LogP contribution in [0, 0.1) is 11.8 Å². The topological polar surface area (TPSA) is 81.8 Å². The second kappa shape index (κ2) is 8.95. The highest BCUT2D eigenvalue weighted by Gasteiger charge is 2.47. The van der Waals surface area contributed by atoms with Gasteiger partial charge in [-0.25, -0.2) is 9.69 Å². The summed E-state index contributed by atoms with van der Waals surface area (Å²) in [5, 5.41) is 5.84. The Labute approximate surface area is 172 Å². The third-order valence-electron chi connectivity index (χ3n) is 5.91. The lowest BCUT2D eigenvalue weighted by molar-refractivity contribution is -0.133. The molecule has 2 heterocycles. The van der Waals surface area contributed by atoms with Crippen LogP contribution in [-0.2, 0) is 9.59 Å². The van der Waals surface area contributed by atoms with E-state index < -0.39 is 5.54 Å². The van der Waals surface area contributed by atoms with Gasteiger partial charge in [0.2, 0.25) is 5.91 Å². The largest absolute Gasteiger partial charge is 0.326 e. The van der Waals surface area contributed by atoms with E-state index in [4.69, 9.17) is 0 Å². The number of carbonyl (C=O) groups is 3. The van der Waals surface area contributed by atoms with E-state index in [-0.39, 0.29) is 30.4 Å². The molecule has 3 rings (SSSR count). The van der Waals surface area contributed by atoms with Gasteiger partial charge in [0.1, 0.15) is 5.54 Å². The summed E-state index contributed by atoms with van der Waals surface area (Å²) in [4.78, 5) is 41.1. The molecule has 2 aliphatic heterocycles. The first-order valence-corrected chi connectivity index (χ1v) is 10.5. The van der Waals surface area contributed by atoms with Crippen LogP contribution in [-0.4, -0.2) is 52.9 Å². The maximum Gasteiger partial charge on any atom is 0.326 e. The molecule has 2 saturated heterocycles. The fourth-order valence-electron chi connectivity index (χ4n) is 3.92. The van der Waals surface area contributed by atoms with Crippen LogP contribution in [0.3, 0.4) is 0 Å². The van der Waals surface area contributed by atoms with Gasteiger partial charge in [-0.3, -0.25) is 14.5 Å². The number of nitrogens with one attached hydrogen (secondary N) is 2. The molecule has 29 heavy (non-hydrogen) atoms. The van der Waals surface area contributed by atoms with E-state index in [0.29, 0.717) is 38.3 Å². The minimum absolute atomic E-state index is 0.0344. The average Bonchev–Trinajstić information content (AvgIpc) is 2.91. The second-order valence-corrected chi connectivity index (χ2v) is 8.82. The molecule has 7 heteroatoms. The Kier molecular flexibility index (Phi) is 6.57. The molecule has 0 aromatic heterocycles. The number of piperidine rings is 1. The normalized spacial score (nSPS) is 23.5. The third kappa shape index (κ3) is 5.15. The highest BCUT2D eigenvalue weighted by Crippen LogP contribution is 2.26. The molecule has 2 fully saturated rings. The lowest BCUT2D eigenvalue weighted by atomic mass is 9.92. The van der Waals surface area contributed by atoms with Gasteiger partial charge in [0, 0.05) is 24.7 Å². The molecular weight excluding hydrogens is 368 g/mol. The zero-order valence-electron chi connectivity index (χ0n) is 17.6. The van der Waals surface area contributed by atoms with Gasteiger partial charge in [0.25, 0.3) is 5.91 Å². The Bertz CT molecular complexity index is 744. The number of rotatable bonds is 7. The van der Waals surface area contributed by atoms with Crippen molar-refractivity contribution in [3.63, 3.8) is 0 Å². The van der Waals surface area contributed by atoms with E-state index in [1.54, 1.807) is 0 Å². The Morgan fingerprint density at radius 2 is 1.86 bits per heavy atom. The molecule has 0 radical (unpaired) electrons. The number of urea groups is 1. The molecule has 2 N–H and O–H groups in total. The molecule has 2 aliphatic rings. The summed E-state index contributed by atoms with van der Waals surface area (Å²) in [5.74, 6) is 0.316. The van der Waals surface area contributed by atoms with Crippen molar-refractivity contribution in [3.05, 3.63) is 30.3 Å². The standard InChI is InChI=1S/C22H32N4O3/c1-16(2)9-12-22(3)20(28)26(21(29)24-22)15-25-13-10-17(11-14-25)19(27)23-18-7-5-4-6-8-18/h4-8,16-17H,9-15H2,1-3H3,(H,23,27)(H,24,29)/t22-/m1/s1. The fourth-order valence-corrected chi connectivity index (χ4v) is 3.92. The van der Waals surface area contributed by atoms with Crippen molar-refractivity contribution in [1.82, 2.24) is 15.1 Å². The van der Waals surface area contributed by atoms with Crippen LogP contribution in [0.2, 0.25) is 0 Å². The summed E-state index contributed by atoms with van der Waals surface area (Å²) >= 11 is 0. The van der Waals surface area contributed by atoms with E-state index >= 15 is 0 Å². The predicted molar refractivity (Wildman–Crippen MR) is 112 cm³/mol. The first-order valence-electron chi connectivity index (χ1n) is 10.5. The van der Waals surface area contributed by atoms with Gasteiger partial charge < -0.3 is 10.6 Å². The third-order valence-corrected chi connectivity index (χ3v) is 5.91. The van der Waals surface area contributed by atoms with Crippen LogP contribution in [0.15, 0.2) is 30.3 Å². The van der Waals surface area contributed by atoms with E-state index in [1.807, 2.05) is 37.3 Å². The van der Waals surface area contributed by atoms with Crippen LogP contribution in [0.25, 0.3) is 0 Å². The zero-order chi connectivity index (χ0) is 21.0. The number of likely N-dealkylation sites (tertiary alicyclic amines) is 1. The van der Waals surface area contributed by atoms with Crippen LogP contribution < -0.4 is 10.6 Å². The lowest BCUT2D eigenvalue weighted by Crippen LogP contribution is -2.47. The molecule has 0 unspecified atom stereocenters.